The van der Waals surface area contributed by atoms with Crippen molar-refractivity contribution in [3.63, 3.8) is 0 Å². The lowest BCUT2D eigenvalue weighted by molar-refractivity contribution is -0.384. The summed E-state index contributed by atoms with van der Waals surface area (Å²) in [6.07, 6.45) is 16.5. The van der Waals surface area contributed by atoms with Crippen LogP contribution < -0.4 is 5.32 Å². The number of benzene rings is 1. The Hall–Kier alpha value is -4.31. The minimum absolute atomic E-state index is 0.0593. The maximum atomic E-state index is 12.7. The highest BCUT2D eigenvalue weighted by molar-refractivity contribution is 6.45. The average molecular weight is 538 g/mol. The number of allylic oxidation sites excluding steroid dienone is 5. The molecule has 0 fully saturated rings. The Kier molecular flexibility index (Phi) is 15.8. The molecule has 1 aromatic rings. The van der Waals surface area contributed by atoms with Gasteiger partial charge in [0.15, 0.2) is 0 Å². The van der Waals surface area contributed by atoms with Gasteiger partial charge in [0.25, 0.3) is 11.6 Å². The Bertz CT molecular complexity index is 1090. The Morgan fingerprint density at radius 2 is 1.90 bits per heavy atom. The van der Waals surface area contributed by atoms with Crippen LogP contribution in [0, 0.1) is 10.1 Å². The van der Waals surface area contributed by atoms with Crippen LogP contribution in [0.5, 0.6) is 0 Å². The van der Waals surface area contributed by atoms with E-state index < -0.39 is 16.9 Å². The molecular formula is C29H39N5O5. The van der Waals surface area contributed by atoms with Crippen LogP contribution in [0.15, 0.2) is 90.9 Å². The van der Waals surface area contributed by atoms with Crippen molar-refractivity contribution in [1.29, 1.82) is 0 Å². The molecule has 0 saturated carbocycles. The van der Waals surface area contributed by atoms with E-state index in [9.17, 15) is 24.8 Å². The van der Waals surface area contributed by atoms with Gasteiger partial charge in [0.1, 0.15) is 5.71 Å². The molecule has 0 aliphatic heterocycles. The maximum Gasteiger partial charge on any atom is 0.276 e. The van der Waals surface area contributed by atoms with Crippen LogP contribution in [0.4, 0.5) is 5.69 Å². The van der Waals surface area contributed by atoms with Crippen molar-refractivity contribution in [2.24, 2.45) is 4.99 Å². The number of nitrogens with one attached hydrogen (secondary N) is 1. The minimum atomic E-state index is -0.819. The van der Waals surface area contributed by atoms with Crippen molar-refractivity contribution in [3.05, 3.63) is 102 Å². The van der Waals surface area contributed by atoms with E-state index in [4.69, 9.17) is 0 Å². The standard InChI is InChI=1S/C29H39N5O5/c1-5-8-10-11-12-13-14-27(36)33(21-9-6-2)23-26(35)22-30-19-20-31-28(29(37)32(4)7-3)24-15-17-25(18-16-24)34(38)39/h5,7-8,10-13,15-20,26,30,35H,3,6,9,14,21-23H2,1-2,4H3/b8-5-,11-10-,13-12+,20-19+,31-28?. The number of aliphatic imine (C=N–C) groups is 1. The molecule has 2 amide bonds. The first-order chi connectivity index (χ1) is 18.7. The summed E-state index contributed by atoms with van der Waals surface area (Å²) in [6.45, 7) is 8.45. The number of hydrogen-bond donors (Lipinski definition) is 2. The molecule has 2 N–H and O–H groups in total. The van der Waals surface area contributed by atoms with Crippen LogP contribution in [0.3, 0.4) is 0 Å². The number of rotatable bonds is 17. The van der Waals surface area contributed by atoms with E-state index in [-0.39, 0.29) is 36.8 Å². The summed E-state index contributed by atoms with van der Waals surface area (Å²) >= 11 is 0. The van der Waals surface area contributed by atoms with Crippen LogP contribution in [-0.4, -0.2) is 70.1 Å². The number of non-ortho nitro benzene ring substituents is 1. The fraction of sp³-hybridized carbons (Fsp3) is 0.345. The number of nitro groups is 1. The first-order valence-corrected chi connectivity index (χ1v) is 12.8. The van der Waals surface area contributed by atoms with E-state index in [0.29, 0.717) is 12.1 Å². The van der Waals surface area contributed by atoms with Crippen LogP contribution in [0.2, 0.25) is 0 Å². The molecule has 1 rings (SSSR count). The van der Waals surface area contributed by atoms with E-state index >= 15 is 0 Å². The Balaban J connectivity index is 2.81. The topological polar surface area (TPSA) is 128 Å². The largest absolute Gasteiger partial charge is 0.389 e. The van der Waals surface area contributed by atoms with Crippen LogP contribution in [0.1, 0.15) is 38.7 Å². The molecule has 1 aromatic carbocycles. The summed E-state index contributed by atoms with van der Waals surface area (Å²) in [4.78, 5) is 42.9. The van der Waals surface area contributed by atoms with Gasteiger partial charge in [-0.1, -0.05) is 56.4 Å². The van der Waals surface area contributed by atoms with Gasteiger partial charge in [-0.2, -0.15) is 0 Å². The lowest BCUT2D eigenvalue weighted by Crippen LogP contribution is -2.41. The normalized spacial score (nSPS) is 12.9. The third-order valence-corrected chi connectivity index (χ3v) is 5.42. The van der Waals surface area contributed by atoms with Gasteiger partial charge in [-0.05, 0) is 31.7 Å². The first-order valence-electron chi connectivity index (χ1n) is 12.8. The number of nitro benzene ring substituents is 1. The van der Waals surface area contributed by atoms with Gasteiger partial charge in [-0.25, -0.2) is 4.99 Å². The van der Waals surface area contributed by atoms with Crippen molar-refractivity contribution in [3.8, 4) is 0 Å². The predicted molar refractivity (Wildman–Crippen MR) is 155 cm³/mol. The molecule has 10 heteroatoms. The second-order valence-electron chi connectivity index (χ2n) is 8.49. The second kappa shape index (κ2) is 18.9. The molecule has 0 radical (unpaired) electrons. The van der Waals surface area contributed by atoms with E-state index in [1.807, 2.05) is 44.2 Å². The van der Waals surface area contributed by atoms with Gasteiger partial charge in [0.05, 0.1) is 11.0 Å². The van der Waals surface area contributed by atoms with E-state index in [1.54, 1.807) is 11.0 Å². The number of amides is 2. The zero-order valence-corrected chi connectivity index (χ0v) is 22.9. The summed E-state index contributed by atoms with van der Waals surface area (Å²) in [7, 11) is 1.52. The van der Waals surface area contributed by atoms with Crippen LogP contribution in [0.25, 0.3) is 0 Å². The molecule has 39 heavy (non-hydrogen) atoms. The van der Waals surface area contributed by atoms with Crippen molar-refractivity contribution in [2.45, 2.75) is 39.2 Å². The fourth-order valence-electron chi connectivity index (χ4n) is 3.21. The Morgan fingerprint density at radius 1 is 1.21 bits per heavy atom. The zero-order valence-electron chi connectivity index (χ0n) is 22.9. The lowest BCUT2D eigenvalue weighted by Gasteiger charge is -2.25. The third kappa shape index (κ3) is 12.7. The van der Waals surface area contributed by atoms with Crippen molar-refractivity contribution >= 4 is 23.2 Å². The van der Waals surface area contributed by atoms with Crippen LogP contribution >= 0.6 is 0 Å². The lowest BCUT2D eigenvalue weighted by atomic mass is 10.1. The number of aliphatic hydroxyl groups is 1. The fourth-order valence-corrected chi connectivity index (χ4v) is 3.21. The highest BCUT2D eigenvalue weighted by Gasteiger charge is 2.18. The molecule has 1 unspecified atom stereocenters. The van der Waals surface area contributed by atoms with Crippen LogP contribution in [-0.2, 0) is 9.59 Å². The number of aliphatic hydroxyl groups excluding tert-OH is 1. The third-order valence-electron chi connectivity index (χ3n) is 5.42. The Morgan fingerprint density at radius 3 is 2.51 bits per heavy atom. The van der Waals surface area contributed by atoms with Crippen molar-refractivity contribution in [2.75, 3.05) is 26.7 Å². The SMILES string of the molecule is C=CN(C)C(=O)C(=N/C=C/NCC(O)CN(CCCC)C(=O)C/C=C/C=C\C=C/C)c1ccc([N+](=O)[O-])cc1. The summed E-state index contributed by atoms with van der Waals surface area (Å²) in [6, 6.07) is 5.50. The molecule has 0 heterocycles. The number of hydrogen-bond acceptors (Lipinski definition) is 7. The van der Waals surface area contributed by atoms with Crippen molar-refractivity contribution in [1.82, 2.24) is 15.1 Å². The highest BCUT2D eigenvalue weighted by atomic mass is 16.6. The molecule has 0 saturated heterocycles. The summed E-state index contributed by atoms with van der Waals surface area (Å²) < 4.78 is 0. The monoisotopic (exact) mass is 537 g/mol. The van der Waals surface area contributed by atoms with Gasteiger partial charge in [0, 0.05) is 63.2 Å². The minimum Gasteiger partial charge on any atom is -0.389 e. The number of carbonyl (C=O) groups is 2. The van der Waals surface area contributed by atoms with Gasteiger partial charge in [-0.15, -0.1) is 0 Å². The molecule has 0 bridgehead atoms. The Labute approximate surface area is 230 Å². The molecule has 1 atom stereocenters. The zero-order chi connectivity index (χ0) is 29.0. The van der Waals surface area contributed by atoms with E-state index in [2.05, 4.69) is 16.9 Å². The quantitative estimate of drug-likeness (QED) is 0.133. The molecular weight excluding hydrogens is 498 g/mol. The molecule has 0 aliphatic carbocycles. The molecule has 10 nitrogen and oxygen atoms in total. The molecule has 0 spiro atoms. The van der Waals surface area contributed by atoms with Gasteiger partial charge in [-0.3, -0.25) is 19.7 Å². The van der Waals surface area contributed by atoms with E-state index in [1.165, 1.54) is 54.8 Å². The number of nitrogens with zero attached hydrogens (tertiary/aromatic N) is 4. The highest BCUT2D eigenvalue weighted by Crippen LogP contribution is 2.14. The predicted octanol–water partition coefficient (Wildman–Crippen LogP) is 4.11. The van der Waals surface area contributed by atoms with E-state index in [0.717, 1.165) is 12.8 Å². The average Bonchev–Trinajstić information content (AvgIpc) is 2.93. The maximum absolute atomic E-state index is 12.7. The van der Waals surface area contributed by atoms with Gasteiger partial charge < -0.3 is 20.2 Å². The molecule has 0 aromatic heterocycles. The second-order valence-corrected chi connectivity index (χ2v) is 8.49. The van der Waals surface area contributed by atoms with Gasteiger partial charge in [0.2, 0.25) is 5.91 Å². The van der Waals surface area contributed by atoms with Crippen molar-refractivity contribution < 1.29 is 19.6 Å². The molecule has 0 aliphatic rings. The summed E-state index contributed by atoms with van der Waals surface area (Å²) in [5.74, 6) is -0.504. The first kappa shape index (κ1) is 32.7. The number of carbonyl (C=O) groups excluding carboxylic acids is 2. The molecule has 210 valence electrons. The summed E-state index contributed by atoms with van der Waals surface area (Å²) in [5.41, 5.74) is 0.369. The summed E-state index contributed by atoms with van der Waals surface area (Å²) in [5, 5.41) is 24.4. The number of unbranched alkanes of at least 4 members (excludes halogenated alkanes) is 1. The smallest absolute Gasteiger partial charge is 0.276 e. The number of likely N-dealkylation sites (N-methyl/N-ethyl adjacent to an activating group) is 1. The van der Waals surface area contributed by atoms with Gasteiger partial charge >= 0.3 is 0 Å².